The Balaban J connectivity index is 1.71. The minimum absolute atomic E-state index is 0.186. The zero-order valence-corrected chi connectivity index (χ0v) is 15.2. The van der Waals surface area contributed by atoms with Gasteiger partial charge in [-0.1, -0.05) is 0 Å². The molecule has 1 fully saturated rings. The summed E-state index contributed by atoms with van der Waals surface area (Å²) in [7, 11) is 0. The Labute approximate surface area is 162 Å². The van der Waals surface area contributed by atoms with E-state index in [1.165, 1.54) is 16.8 Å². The molecule has 3 aromatic rings. The van der Waals surface area contributed by atoms with Crippen LogP contribution in [0.25, 0.3) is 17.0 Å². The van der Waals surface area contributed by atoms with Crippen LogP contribution in [-0.2, 0) is 5.60 Å². The summed E-state index contributed by atoms with van der Waals surface area (Å²) in [5, 5.41) is 15.7. The van der Waals surface area contributed by atoms with Crippen LogP contribution in [0, 0.1) is 0 Å². The van der Waals surface area contributed by atoms with Crippen LogP contribution in [0.5, 0.6) is 0 Å². The predicted octanol–water partition coefficient (Wildman–Crippen LogP) is 1.68. The minimum Gasteiger partial charge on any atom is -0.375 e. The Hall–Kier alpha value is -2.86. The van der Waals surface area contributed by atoms with Gasteiger partial charge in [0.05, 0.1) is 35.5 Å². The van der Waals surface area contributed by atoms with Gasteiger partial charge in [-0.05, 0) is 13.0 Å². The van der Waals surface area contributed by atoms with E-state index in [-0.39, 0.29) is 18.1 Å². The van der Waals surface area contributed by atoms with Crippen LogP contribution >= 0.6 is 0 Å². The van der Waals surface area contributed by atoms with E-state index < -0.39 is 29.7 Å². The van der Waals surface area contributed by atoms with Gasteiger partial charge in [0.15, 0.2) is 5.65 Å². The summed E-state index contributed by atoms with van der Waals surface area (Å²) in [6.07, 6.45) is -0.913. The first kappa shape index (κ1) is 19.5. The van der Waals surface area contributed by atoms with E-state index in [0.717, 1.165) is 12.4 Å². The van der Waals surface area contributed by atoms with E-state index in [1.54, 1.807) is 6.07 Å². The maximum atomic E-state index is 13.8. The summed E-state index contributed by atoms with van der Waals surface area (Å²) < 4.78 is 54.6. The third-order valence-electron chi connectivity index (χ3n) is 4.82. The van der Waals surface area contributed by atoms with Crippen molar-refractivity contribution in [1.82, 2.24) is 29.7 Å². The van der Waals surface area contributed by atoms with E-state index in [4.69, 9.17) is 0 Å². The van der Waals surface area contributed by atoms with Crippen molar-refractivity contribution < 1.29 is 22.7 Å². The zero-order chi connectivity index (χ0) is 20.8. The molecule has 0 aromatic carbocycles. The van der Waals surface area contributed by atoms with Crippen molar-refractivity contribution in [3.63, 3.8) is 0 Å². The molecule has 3 atom stereocenters. The van der Waals surface area contributed by atoms with Gasteiger partial charge in [0.25, 0.3) is 0 Å². The molecule has 3 aromatic heterocycles. The van der Waals surface area contributed by atoms with Crippen molar-refractivity contribution in [3.05, 3.63) is 36.5 Å². The number of imidazole rings is 1. The van der Waals surface area contributed by atoms with Crippen molar-refractivity contribution in [2.24, 2.45) is 0 Å². The van der Waals surface area contributed by atoms with Gasteiger partial charge in [0, 0.05) is 25.5 Å². The van der Waals surface area contributed by atoms with Gasteiger partial charge in [0.2, 0.25) is 11.5 Å². The number of hydrogen-bond acceptors (Lipinski definition) is 7. The van der Waals surface area contributed by atoms with Gasteiger partial charge in [0.1, 0.15) is 6.17 Å². The molecule has 1 unspecified atom stereocenters. The summed E-state index contributed by atoms with van der Waals surface area (Å²) in [6, 6.07) is 1.07. The highest BCUT2D eigenvalue weighted by Crippen LogP contribution is 2.37. The van der Waals surface area contributed by atoms with Gasteiger partial charge in [-0.3, -0.25) is 9.38 Å². The topological polar surface area (TPSA) is 100 Å². The largest absolute Gasteiger partial charge is 0.422 e. The number of hydrogen-bond donors (Lipinski definition) is 3. The quantitative estimate of drug-likeness (QED) is 0.562. The summed E-state index contributed by atoms with van der Waals surface area (Å²) in [5.41, 5.74) is -2.71. The van der Waals surface area contributed by atoms with E-state index in [9.17, 15) is 22.7 Å². The molecule has 0 bridgehead atoms. The van der Waals surface area contributed by atoms with Crippen molar-refractivity contribution in [1.29, 1.82) is 0 Å². The molecule has 12 heteroatoms. The second-order valence-corrected chi connectivity index (χ2v) is 6.90. The molecule has 8 nitrogen and oxygen atoms in total. The lowest BCUT2D eigenvalue weighted by Crippen LogP contribution is -2.40. The number of halogens is 4. The number of aromatic nitrogens is 5. The molecule has 0 spiro atoms. The SMILES string of the molecule is CC(O)(c1cn2c(-c3ccnc(N[C@H]4CNC[C@@H]4F)n3)cnc2cn1)C(F)(F)F. The fraction of sp³-hybridized carbons (Fsp3) is 0.412. The zero-order valence-electron chi connectivity index (χ0n) is 15.2. The number of nitrogens with one attached hydrogen (secondary N) is 2. The Bertz CT molecular complexity index is 1040. The average Bonchev–Trinajstić information content (AvgIpc) is 3.27. The van der Waals surface area contributed by atoms with Crippen LogP contribution in [0.4, 0.5) is 23.5 Å². The summed E-state index contributed by atoms with van der Waals surface area (Å²) in [5.74, 6) is 0.186. The van der Waals surface area contributed by atoms with Crippen LogP contribution in [0.1, 0.15) is 12.6 Å². The number of nitrogens with zero attached hydrogens (tertiary/aromatic N) is 5. The molecule has 0 saturated carbocycles. The predicted molar refractivity (Wildman–Crippen MR) is 94.8 cm³/mol. The number of aliphatic hydroxyl groups is 1. The lowest BCUT2D eigenvalue weighted by atomic mass is 10.0. The molecule has 1 saturated heterocycles. The van der Waals surface area contributed by atoms with Crippen molar-refractivity contribution in [2.75, 3.05) is 18.4 Å². The molecular formula is C17H17F4N7O. The highest BCUT2D eigenvalue weighted by atomic mass is 19.4. The monoisotopic (exact) mass is 411 g/mol. The molecule has 4 heterocycles. The Morgan fingerprint density at radius 1 is 1.21 bits per heavy atom. The smallest absolute Gasteiger partial charge is 0.375 e. The van der Waals surface area contributed by atoms with E-state index in [0.29, 0.717) is 24.9 Å². The first-order valence-electron chi connectivity index (χ1n) is 8.74. The third-order valence-corrected chi connectivity index (χ3v) is 4.82. The first-order chi connectivity index (χ1) is 13.7. The van der Waals surface area contributed by atoms with Crippen LogP contribution in [0.15, 0.2) is 30.9 Å². The Morgan fingerprint density at radius 3 is 2.69 bits per heavy atom. The normalized spacial score (nSPS) is 22.0. The standard InChI is InChI=1S/C17H17F4N7O/c1-16(29,17(19,20)21)13-8-28-12(6-25-14(28)7-24-13)10-2-3-23-15(26-10)27-11-5-22-4-9(11)18/h2-3,6-9,11,22,29H,4-5H2,1H3,(H,23,26,27)/t9-,11-,16?/m0/s1. The number of alkyl halides is 4. The molecule has 0 radical (unpaired) electrons. The summed E-state index contributed by atoms with van der Waals surface area (Å²) in [4.78, 5) is 16.2. The lowest BCUT2D eigenvalue weighted by molar-refractivity contribution is -0.260. The number of fused-ring (bicyclic) bond motifs is 1. The third kappa shape index (κ3) is 3.49. The molecule has 3 N–H and O–H groups in total. The van der Waals surface area contributed by atoms with Crippen molar-refractivity contribution in [2.45, 2.75) is 30.9 Å². The molecule has 1 aliphatic rings. The van der Waals surface area contributed by atoms with Crippen LogP contribution in [-0.4, -0.2) is 60.9 Å². The van der Waals surface area contributed by atoms with Crippen LogP contribution in [0.3, 0.4) is 0 Å². The average molecular weight is 411 g/mol. The molecule has 1 aliphatic heterocycles. The number of anilines is 1. The number of rotatable bonds is 4. The molecule has 29 heavy (non-hydrogen) atoms. The fourth-order valence-electron chi connectivity index (χ4n) is 3.00. The first-order valence-corrected chi connectivity index (χ1v) is 8.74. The van der Waals surface area contributed by atoms with Gasteiger partial charge in [-0.15, -0.1) is 0 Å². The molecule has 0 aliphatic carbocycles. The second kappa shape index (κ2) is 6.88. The summed E-state index contributed by atoms with van der Waals surface area (Å²) in [6.45, 7) is 1.29. The van der Waals surface area contributed by atoms with Gasteiger partial charge >= 0.3 is 6.18 Å². The highest BCUT2D eigenvalue weighted by molar-refractivity contribution is 5.60. The lowest BCUT2D eigenvalue weighted by Gasteiger charge is -2.25. The van der Waals surface area contributed by atoms with E-state index in [2.05, 4.69) is 30.6 Å². The van der Waals surface area contributed by atoms with Crippen LogP contribution in [0.2, 0.25) is 0 Å². The molecule has 0 amide bonds. The maximum Gasteiger partial charge on any atom is 0.422 e. The Kier molecular flexibility index (Phi) is 4.62. The second-order valence-electron chi connectivity index (χ2n) is 6.90. The van der Waals surface area contributed by atoms with Gasteiger partial charge in [-0.25, -0.2) is 19.3 Å². The molecular weight excluding hydrogens is 394 g/mol. The maximum absolute atomic E-state index is 13.8. The van der Waals surface area contributed by atoms with Crippen LogP contribution < -0.4 is 10.6 Å². The van der Waals surface area contributed by atoms with E-state index in [1.807, 2.05) is 0 Å². The fourth-order valence-corrected chi connectivity index (χ4v) is 3.00. The van der Waals surface area contributed by atoms with Crippen molar-refractivity contribution in [3.8, 4) is 11.4 Å². The Morgan fingerprint density at radius 2 is 2.00 bits per heavy atom. The van der Waals surface area contributed by atoms with Gasteiger partial charge in [-0.2, -0.15) is 13.2 Å². The highest BCUT2D eigenvalue weighted by Gasteiger charge is 2.52. The van der Waals surface area contributed by atoms with Gasteiger partial charge < -0.3 is 15.7 Å². The molecule has 4 rings (SSSR count). The summed E-state index contributed by atoms with van der Waals surface area (Å²) >= 11 is 0. The van der Waals surface area contributed by atoms with E-state index >= 15 is 0 Å². The van der Waals surface area contributed by atoms with Crippen molar-refractivity contribution >= 4 is 11.6 Å². The minimum atomic E-state index is -4.90. The molecule has 154 valence electrons.